The molecule has 5 heterocycles. The van der Waals surface area contributed by atoms with Gasteiger partial charge in [0, 0.05) is 36.4 Å². The third-order valence-corrected chi connectivity index (χ3v) is 4.88. The highest BCUT2D eigenvalue weighted by Crippen LogP contribution is 2.37. The smallest absolute Gasteiger partial charge is 0.344 e. The van der Waals surface area contributed by atoms with Crippen molar-refractivity contribution in [3.8, 4) is 17.1 Å². The molecule has 0 saturated heterocycles. The Hall–Kier alpha value is -3.47. The zero-order valence-electron chi connectivity index (χ0n) is 13.3. The first kappa shape index (κ1) is 12.9. The first-order chi connectivity index (χ1) is 12.4. The number of imidazole rings is 1. The lowest BCUT2D eigenvalue weighted by atomic mass is 10.2. The number of hydrogen-bond acceptors (Lipinski definition) is 3. The zero-order valence-corrected chi connectivity index (χ0v) is 13.3. The molecule has 4 aromatic heterocycles. The van der Waals surface area contributed by atoms with Gasteiger partial charge in [-0.25, -0.2) is 4.57 Å². The van der Waals surface area contributed by atoms with Crippen molar-refractivity contribution in [2.75, 3.05) is 0 Å². The molecule has 1 aliphatic heterocycles. The highest BCUT2D eigenvalue weighted by Gasteiger charge is 2.38. The zero-order chi connectivity index (χ0) is 16.4. The fraction of sp³-hybridized carbons (Fsp3) is 0.0500. The molecule has 118 valence electrons. The average Bonchev–Trinajstić information content (AvgIpc) is 3.29. The maximum Gasteiger partial charge on any atom is 0.344 e. The first-order valence-corrected chi connectivity index (χ1v) is 8.21. The minimum atomic E-state index is 0.813. The van der Waals surface area contributed by atoms with Crippen molar-refractivity contribution in [2.45, 2.75) is 6.54 Å². The second kappa shape index (κ2) is 4.54. The Morgan fingerprint density at radius 3 is 2.72 bits per heavy atom. The summed E-state index contributed by atoms with van der Waals surface area (Å²) < 4.78 is 10.7. The van der Waals surface area contributed by atoms with Crippen LogP contribution in [0.5, 0.6) is 0 Å². The van der Waals surface area contributed by atoms with E-state index in [2.05, 4.69) is 37.3 Å². The summed E-state index contributed by atoms with van der Waals surface area (Å²) in [6.07, 6.45) is 7.43. The van der Waals surface area contributed by atoms with Crippen LogP contribution in [0.3, 0.4) is 0 Å². The molecule has 1 aliphatic rings. The summed E-state index contributed by atoms with van der Waals surface area (Å²) in [5.74, 6) is 1.11. The van der Waals surface area contributed by atoms with Gasteiger partial charge in [0.25, 0.3) is 5.82 Å². The number of rotatable bonds is 1. The topological polar surface area (TPSA) is 47.7 Å². The number of nitrogens with zero attached hydrogens (tertiary/aromatic N) is 4. The molecule has 5 heteroatoms. The van der Waals surface area contributed by atoms with Gasteiger partial charge in [-0.15, -0.1) is 0 Å². The van der Waals surface area contributed by atoms with Crippen molar-refractivity contribution in [2.24, 2.45) is 0 Å². The molecule has 0 N–H and O–H groups in total. The van der Waals surface area contributed by atoms with Crippen LogP contribution in [0.4, 0.5) is 0 Å². The van der Waals surface area contributed by atoms with Crippen molar-refractivity contribution >= 4 is 22.2 Å². The van der Waals surface area contributed by atoms with Crippen LogP contribution in [0.15, 0.2) is 71.7 Å². The van der Waals surface area contributed by atoms with E-state index in [9.17, 15) is 0 Å². The number of pyridine rings is 2. The maximum atomic E-state index is 6.23. The molecule has 5 aromatic rings. The van der Waals surface area contributed by atoms with Gasteiger partial charge < -0.3 is 4.42 Å². The lowest BCUT2D eigenvalue weighted by Gasteiger charge is -2.00. The third kappa shape index (κ3) is 1.59. The molecule has 0 unspecified atom stereocenters. The van der Waals surface area contributed by atoms with Gasteiger partial charge in [0.05, 0.1) is 10.9 Å². The van der Waals surface area contributed by atoms with Crippen molar-refractivity contribution < 1.29 is 8.98 Å². The molecule has 6 rings (SSSR count). The largest absolute Gasteiger partial charge is 0.419 e. The van der Waals surface area contributed by atoms with E-state index in [0.717, 1.165) is 45.8 Å². The van der Waals surface area contributed by atoms with Crippen molar-refractivity contribution in [1.82, 2.24) is 14.5 Å². The summed E-state index contributed by atoms with van der Waals surface area (Å²) in [6.45, 7) is 0.813. The summed E-state index contributed by atoms with van der Waals surface area (Å²) in [5.41, 5.74) is 6.28. The highest BCUT2D eigenvalue weighted by atomic mass is 16.3. The molecule has 5 nitrogen and oxygen atoms in total. The van der Waals surface area contributed by atoms with Crippen LogP contribution in [0.1, 0.15) is 5.56 Å². The van der Waals surface area contributed by atoms with Gasteiger partial charge in [-0.3, -0.25) is 9.97 Å². The van der Waals surface area contributed by atoms with Crippen LogP contribution in [-0.2, 0) is 6.54 Å². The van der Waals surface area contributed by atoms with Crippen LogP contribution in [0.2, 0.25) is 0 Å². The molecule has 0 radical (unpaired) electrons. The molecule has 1 aromatic carbocycles. The lowest BCUT2D eigenvalue weighted by Crippen LogP contribution is -2.31. The Bertz CT molecular complexity index is 1270. The number of benzene rings is 1. The molecule has 0 spiro atoms. The van der Waals surface area contributed by atoms with Gasteiger partial charge in [-0.1, -0.05) is 18.2 Å². The standard InChI is InChI=1S/C20H13N4O/c1-2-4-14(5-3-1)24-19-15-10-21-8-6-13(15)12-23(19)18-16-11-22-9-7-17(16)25-20(18)24/h1-11H,12H2/q+1. The van der Waals surface area contributed by atoms with Crippen molar-refractivity contribution in [3.05, 3.63) is 72.8 Å². The molecule has 0 atom stereocenters. The van der Waals surface area contributed by atoms with E-state index in [1.807, 2.05) is 42.9 Å². The average molecular weight is 325 g/mol. The predicted octanol–water partition coefficient (Wildman–Crippen LogP) is 3.48. The molecule has 0 amide bonds. The quantitative estimate of drug-likeness (QED) is 0.435. The second-order valence-electron chi connectivity index (χ2n) is 6.24. The Kier molecular flexibility index (Phi) is 2.34. The molecule has 0 saturated carbocycles. The minimum absolute atomic E-state index is 0.813. The fourth-order valence-corrected chi connectivity index (χ4v) is 3.82. The molecule has 25 heavy (non-hydrogen) atoms. The summed E-state index contributed by atoms with van der Waals surface area (Å²) in [4.78, 5) is 8.63. The van der Waals surface area contributed by atoms with E-state index in [1.54, 1.807) is 6.20 Å². The van der Waals surface area contributed by atoms with Crippen LogP contribution in [-0.4, -0.2) is 14.5 Å². The Morgan fingerprint density at radius 1 is 0.960 bits per heavy atom. The van der Waals surface area contributed by atoms with Gasteiger partial charge in [0.2, 0.25) is 5.52 Å². The van der Waals surface area contributed by atoms with Gasteiger partial charge in [0.15, 0.2) is 0 Å². The van der Waals surface area contributed by atoms with Crippen LogP contribution < -0.4 is 4.57 Å². The van der Waals surface area contributed by atoms with Gasteiger partial charge in [-0.2, -0.15) is 4.57 Å². The monoisotopic (exact) mass is 325 g/mol. The second-order valence-corrected chi connectivity index (χ2v) is 6.24. The Labute approximate surface area is 142 Å². The Morgan fingerprint density at radius 2 is 1.80 bits per heavy atom. The van der Waals surface area contributed by atoms with E-state index in [1.165, 1.54) is 5.56 Å². The minimum Gasteiger partial charge on any atom is -0.419 e. The van der Waals surface area contributed by atoms with Crippen LogP contribution in [0.25, 0.3) is 39.3 Å². The SMILES string of the molecule is c1ccc(-n2c3[n+](c4c5cnccc5oc42)Cc2ccncc2-3)cc1. The summed E-state index contributed by atoms with van der Waals surface area (Å²) in [5, 5.41) is 1.04. The fourth-order valence-electron chi connectivity index (χ4n) is 3.82. The normalized spacial score (nSPS) is 12.6. The highest BCUT2D eigenvalue weighted by molar-refractivity contribution is 6.00. The van der Waals surface area contributed by atoms with E-state index in [4.69, 9.17) is 4.42 Å². The van der Waals surface area contributed by atoms with Gasteiger partial charge in [-0.05, 0) is 18.2 Å². The van der Waals surface area contributed by atoms with E-state index < -0.39 is 0 Å². The molecular weight excluding hydrogens is 312 g/mol. The van der Waals surface area contributed by atoms with Crippen molar-refractivity contribution in [3.63, 3.8) is 0 Å². The van der Waals surface area contributed by atoms with Crippen molar-refractivity contribution in [1.29, 1.82) is 0 Å². The number of hydrogen-bond donors (Lipinski definition) is 0. The predicted molar refractivity (Wildman–Crippen MR) is 93.4 cm³/mol. The van der Waals surface area contributed by atoms with E-state index in [-0.39, 0.29) is 0 Å². The summed E-state index contributed by atoms with van der Waals surface area (Å²) in [6, 6.07) is 14.3. The first-order valence-electron chi connectivity index (χ1n) is 8.21. The molecule has 0 bridgehead atoms. The number of fused-ring (bicyclic) bond motifs is 7. The number of furan rings is 1. The van der Waals surface area contributed by atoms with Crippen LogP contribution in [0, 0.1) is 0 Å². The molecule has 0 fully saturated rings. The summed E-state index contributed by atoms with van der Waals surface area (Å²) in [7, 11) is 0. The van der Waals surface area contributed by atoms with Gasteiger partial charge >= 0.3 is 5.71 Å². The van der Waals surface area contributed by atoms with E-state index in [0.29, 0.717) is 0 Å². The summed E-state index contributed by atoms with van der Waals surface area (Å²) >= 11 is 0. The number of aromatic nitrogens is 4. The Balaban J connectivity index is 1.83. The number of para-hydroxylation sites is 1. The van der Waals surface area contributed by atoms with Gasteiger partial charge in [0.1, 0.15) is 17.8 Å². The van der Waals surface area contributed by atoms with Crippen LogP contribution >= 0.6 is 0 Å². The third-order valence-electron chi connectivity index (χ3n) is 4.88. The van der Waals surface area contributed by atoms with E-state index >= 15 is 0 Å². The lowest BCUT2D eigenvalue weighted by molar-refractivity contribution is -0.645. The maximum absolute atomic E-state index is 6.23. The molecule has 0 aliphatic carbocycles. The molecular formula is C20H13N4O+.